The first kappa shape index (κ1) is 20.3. The van der Waals surface area contributed by atoms with Crippen molar-refractivity contribution in [2.24, 2.45) is 5.10 Å². The van der Waals surface area contributed by atoms with Crippen molar-refractivity contribution in [3.05, 3.63) is 57.0 Å². The number of benzene rings is 2. The van der Waals surface area contributed by atoms with E-state index in [2.05, 4.69) is 26.5 Å². The van der Waals surface area contributed by atoms with E-state index in [0.717, 1.165) is 10.9 Å². The number of hydrogen-bond donors (Lipinski definition) is 1. The molecule has 0 radical (unpaired) electrons. The highest BCUT2D eigenvalue weighted by atomic mass is 79.9. The first-order valence-electron chi connectivity index (χ1n) is 8.07. The predicted octanol–water partition coefficient (Wildman–Crippen LogP) is 5.05. The van der Waals surface area contributed by atoms with E-state index in [4.69, 9.17) is 21.1 Å². The fraction of sp³-hybridized carbons (Fsp3) is 0.263. The maximum absolute atomic E-state index is 12.1. The molecule has 0 aliphatic heterocycles. The Balaban J connectivity index is 2.12. The van der Waals surface area contributed by atoms with Crippen LogP contribution in [-0.4, -0.2) is 25.3 Å². The van der Waals surface area contributed by atoms with Crippen molar-refractivity contribution in [3.8, 4) is 11.5 Å². The van der Waals surface area contributed by atoms with Gasteiger partial charge in [-0.2, -0.15) is 5.10 Å². The number of hydrogen-bond acceptors (Lipinski definition) is 4. The van der Waals surface area contributed by atoms with E-state index < -0.39 is 0 Å². The lowest BCUT2D eigenvalue weighted by atomic mass is 10.2. The normalized spacial score (nSPS) is 12.0. The van der Waals surface area contributed by atoms with Gasteiger partial charge < -0.3 is 9.47 Å². The molecule has 138 valence electrons. The Morgan fingerprint density at radius 2 is 2.15 bits per heavy atom. The summed E-state index contributed by atoms with van der Waals surface area (Å²) >= 11 is 9.64. The summed E-state index contributed by atoms with van der Waals surface area (Å²) in [7, 11) is 1.55. The van der Waals surface area contributed by atoms with Gasteiger partial charge in [0, 0.05) is 10.0 Å². The second kappa shape index (κ2) is 9.59. The van der Waals surface area contributed by atoms with Crippen LogP contribution in [0.3, 0.4) is 0 Å². The number of amides is 1. The topological polar surface area (TPSA) is 59.9 Å². The first-order valence-corrected chi connectivity index (χ1v) is 9.24. The van der Waals surface area contributed by atoms with E-state index >= 15 is 0 Å². The van der Waals surface area contributed by atoms with Crippen LogP contribution in [0.2, 0.25) is 5.02 Å². The summed E-state index contributed by atoms with van der Waals surface area (Å²) in [5, 5.41) is 4.40. The SMILES string of the molecule is CCC(C)Oc1c(Cl)cc(C=NNC(=O)c2cccc(Br)c2)cc1OC. The monoisotopic (exact) mass is 438 g/mol. The van der Waals surface area contributed by atoms with E-state index in [1.165, 1.54) is 6.21 Å². The third-order valence-electron chi connectivity index (χ3n) is 3.61. The summed E-state index contributed by atoms with van der Waals surface area (Å²) in [6.45, 7) is 3.99. The van der Waals surface area contributed by atoms with E-state index in [1.807, 2.05) is 19.9 Å². The second-order valence-electron chi connectivity index (χ2n) is 5.58. The molecule has 0 spiro atoms. The molecule has 1 unspecified atom stereocenters. The number of carbonyl (C=O) groups is 1. The van der Waals surface area contributed by atoms with Crippen molar-refractivity contribution in [1.82, 2.24) is 5.43 Å². The molecule has 0 saturated carbocycles. The third kappa shape index (κ3) is 5.47. The largest absolute Gasteiger partial charge is 0.493 e. The number of hydrazone groups is 1. The molecule has 26 heavy (non-hydrogen) atoms. The maximum atomic E-state index is 12.1. The standard InChI is InChI=1S/C19H20BrClN2O3/c1-4-12(2)26-18-16(21)8-13(9-17(18)25-3)11-22-23-19(24)14-6-5-7-15(20)10-14/h5-12H,4H2,1-3H3,(H,23,24). The van der Waals surface area contributed by atoms with Crippen LogP contribution >= 0.6 is 27.5 Å². The Kier molecular flexibility index (Phi) is 7.48. The van der Waals surface area contributed by atoms with Gasteiger partial charge in [0.2, 0.25) is 0 Å². The average molecular weight is 440 g/mol. The molecule has 2 aromatic rings. The fourth-order valence-electron chi connectivity index (χ4n) is 2.07. The number of halogens is 2. The summed E-state index contributed by atoms with van der Waals surface area (Å²) in [6, 6.07) is 10.5. The van der Waals surface area contributed by atoms with Crippen LogP contribution in [0.1, 0.15) is 36.2 Å². The number of carbonyl (C=O) groups excluding carboxylic acids is 1. The minimum atomic E-state index is -0.308. The van der Waals surface area contributed by atoms with Crippen molar-refractivity contribution in [2.75, 3.05) is 7.11 Å². The molecular weight excluding hydrogens is 420 g/mol. The van der Waals surface area contributed by atoms with Gasteiger partial charge in [0.15, 0.2) is 11.5 Å². The molecule has 0 heterocycles. The van der Waals surface area contributed by atoms with Crippen LogP contribution in [0.15, 0.2) is 46.0 Å². The fourth-order valence-corrected chi connectivity index (χ4v) is 2.74. The van der Waals surface area contributed by atoms with Crippen LogP contribution in [0.4, 0.5) is 0 Å². The van der Waals surface area contributed by atoms with E-state index in [1.54, 1.807) is 37.4 Å². The van der Waals surface area contributed by atoms with Gasteiger partial charge in [-0.05, 0) is 49.2 Å². The molecule has 2 rings (SSSR count). The number of rotatable bonds is 7. The molecule has 0 aliphatic rings. The zero-order valence-corrected chi connectivity index (χ0v) is 17.1. The molecule has 1 amide bonds. The molecule has 0 bridgehead atoms. The highest BCUT2D eigenvalue weighted by Crippen LogP contribution is 2.37. The van der Waals surface area contributed by atoms with Gasteiger partial charge in [0.05, 0.1) is 24.5 Å². The van der Waals surface area contributed by atoms with Gasteiger partial charge >= 0.3 is 0 Å². The minimum Gasteiger partial charge on any atom is -0.493 e. The summed E-state index contributed by atoms with van der Waals surface area (Å²) in [5.41, 5.74) is 3.66. The van der Waals surface area contributed by atoms with Crippen LogP contribution < -0.4 is 14.9 Å². The minimum absolute atomic E-state index is 0.0189. The van der Waals surface area contributed by atoms with Gasteiger partial charge in [0.1, 0.15) is 0 Å². The average Bonchev–Trinajstić information content (AvgIpc) is 2.63. The molecule has 0 aliphatic carbocycles. The van der Waals surface area contributed by atoms with Gasteiger partial charge in [0.25, 0.3) is 5.91 Å². The summed E-state index contributed by atoms with van der Waals surface area (Å²) < 4.78 is 12.0. The third-order valence-corrected chi connectivity index (χ3v) is 4.39. The van der Waals surface area contributed by atoms with Crippen LogP contribution in [0, 0.1) is 0 Å². The van der Waals surface area contributed by atoms with Crippen molar-refractivity contribution < 1.29 is 14.3 Å². The second-order valence-corrected chi connectivity index (χ2v) is 6.90. The molecule has 7 heteroatoms. The van der Waals surface area contributed by atoms with Crippen molar-refractivity contribution in [1.29, 1.82) is 0 Å². The molecule has 1 atom stereocenters. The van der Waals surface area contributed by atoms with Crippen molar-refractivity contribution in [2.45, 2.75) is 26.4 Å². The lowest BCUT2D eigenvalue weighted by Gasteiger charge is -2.17. The lowest BCUT2D eigenvalue weighted by molar-refractivity contribution is 0.0955. The van der Waals surface area contributed by atoms with Crippen LogP contribution in [0.25, 0.3) is 0 Å². The Bertz CT molecular complexity index is 811. The molecule has 2 aromatic carbocycles. The maximum Gasteiger partial charge on any atom is 0.271 e. The molecule has 1 N–H and O–H groups in total. The quantitative estimate of drug-likeness (QED) is 0.485. The van der Waals surface area contributed by atoms with E-state index in [0.29, 0.717) is 27.6 Å². The Morgan fingerprint density at radius 3 is 2.81 bits per heavy atom. The van der Waals surface area contributed by atoms with E-state index in [9.17, 15) is 4.79 Å². The molecule has 0 saturated heterocycles. The Labute approximate surface area is 166 Å². The highest BCUT2D eigenvalue weighted by Gasteiger charge is 2.14. The van der Waals surface area contributed by atoms with Gasteiger partial charge in [-0.1, -0.05) is 40.5 Å². The van der Waals surface area contributed by atoms with Gasteiger partial charge in [-0.25, -0.2) is 5.43 Å². The number of nitrogens with zero attached hydrogens (tertiary/aromatic N) is 1. The summed E-state index contributed by atoms with van der Waals surface area (Å²) in [5.74, 6) is 0.703. The molecular formula is C19H20BrClN2O3. The number of ether oxygens (including phenoxy) is 2. The first-order chi connectivity index (χ1) is 12.4. The van der Waals surface area contributed by atoms with Gasteiger partial charge in [-0.15, -0.1) is 0 Å². The lowest BCUT2D eigenvalue weighted by Crippen LogP contribution is -2.17. The Hall–Kier alpha value is -2.05. The molecule has 0 fully saturated rings. The summed E-state index contributed by atoms with van der Waals surface area (Å²) in [4.78, 5) is 12.1. The smallest absolute Gasteiger partial charge is 0.271 e. The number of methoxy groups -OCH3 is 1. The molecule has 0 aromatic heterocycles. The summed E-state index contributed by atoms with van der Waals surface area (Å²) in [6.07, 6.45) is 2.37. The number of nitrogens with one attached hydrogen (secondary N) is 1. The Morgan fingerprint density at radius 1 is 1.38 bits per heavy atom. The highest BCUT2D eigenvalue weighted by molar-refractivity contribution is 9.10. The van der Waals surface area contributed by atoms with E-state index in [-0.39, 0.29) is 12.0 Å². The zero-order chi connectivity index (χ0) is 19.1. The van der Waals surface area contributed by atoms with Crippen LogP contribution in [0.5, 0.6) is 11.5 Å². The zero-order valence-electron chi connectivity index (χ0n) is 14.8. The molecule has 5 nitrogen and oxygen atoms in total. The predicted molar refractivity (Wildman–Crippen MR) is 108 cm³/mol. The van der Waals surface area contributed by atoms with Crippen molar-refractivity contribution >= 4 is 39.7 Å². The van der Waals surface area contributed by atoms with Crippen molar-refractivity contribution in [3.63, 3.8) is 0 Å². The van der Waals surface area contributed by atoms with Crippen LogP contribution in [-0.2, 0) is 0 Å². The van der Waals surface area contributed by atoms with Gasteiger partial charge in [-0.3, -0.25) is 4.79 Å².